The number of H-pyrrole nitrogens is 1. The van der Waals surface area contributed by atoms with Crippen molar-refractivity contribution in [3.63, 3.8) is 0 Å². The zero-order chi connectivity index (χ0) is 17.1. The van der Waals surface area contributed by atoms with E-state index in [-0.39, 0.29) is 4.87 Å². The van der Waals surface area contributed by atoms with E-state index in [9.17, 15) is 4.79 Å². The average molecular weight is 346 g/mol. The molecule has 0 radical (unpaired) electrons. The van der Waals surface area contributed by atoms with Gasteiger partial charge < -0.3 is 5.32 Å². The molecule has 0 saturated heterocycles. The normalized spacial score (nSPS) is 14.7. The Balaban J connectivity index is 1.69. The molecule has 0 unspecified atom stereocenters. The van der Waals surface area contributed by atoms with Gasteiger partial charge in [-0.1, -0.05) is 59.9 Å². The van der Waals surface area contributed by atoms with Crippen LogP contribution in [0.15, 0.2) is 81.2 Å². The van der Waals surface area contributed by atoms with Gasteiger partial charge in [0.25, 0.3) is 0 Å². The standard InChI is InChI=1S/C19H14N4OS/c24-19-22-18(21-15-9-5-2-6-10-15)16(25-19)11-14-12-20-23-17(14)13-7-3-1-4-8-13/h1-12,21H,(H,22,24)/b14-11+. The number of hydrogen-bond acceptors (Lipinski definition) is 5. The fraction of sp³-hybridized carbons (Fsp3) is 0. The molecule has 122 valence electrons. The van der Waals surface area contributed by atoms with Crippen LogP contribution in [-0.2, 0) is 0 Å². The van der Waals surface area contributed by atoms with Gasteiger partial charge in [0.05, 0.1) is 11.1 Å². The van der Waals surface area contributed by atoms with Crippen LogP contribution in [0.5, 0.6) is 0 Å². The van der Waals surface area contributed by atoms with E-state index >= 15 is 0 Å². The quantitative estimate of drug-likeness (QED) is 0.748. The number of rotatable bonds is 4. The molecular weight excluding hydrogens is 332 g/mol. The van der Waals surface area contributed by atoms with E-state index < -0.39 is 0 Å². The van der Waals surface area contributed by atoms with E-state index in [4.69, 9.17) is 0 Å². The van der Waals surface area contributed by atoms with Crippen LogP contribution >= 0.6 is 11.3 Å². The molecule has 25 heavy (non-hydrogen) atoms. The lowest BCUT2D eigenvalue weighted by Gasteiger charge is -2.05. The Hall–Kier alpha value is -3.25. The zero-order valence-electron chi connectivity index (χ0n) is 13.1. The molecular formula is C19H14N4OS. The molecule has 0 atom stereocenters. The number of aromatic amines is 1. The molecule has 1 aliphatic heterocycles. The zero-order valence-corrected chi connectivity index (χ0v) is 14.0. The van der Waals surface area contributed by atoms with E-state index in [2.05, 4.69) is 20.5 Å². The van der Waals surface area contributed by atoms with Crippen molar-refractivity contribution < 1.29 is 0 Å². The molecule has 5 nitrogen and oxygen atoms in total. The summed E-state index contributed by atoms with van der Waals surface area (Å²) in [6.07, 6.45) is 3.63. The first-order chi connectivity index (χ1) is 12.3. The molecule has 1 aromatic heterocycles. The predicted octanol–water partition coefficient (Wildman–Crippen LogP) is 4.05. The first-order valence-corrected chi connectivity index (χ1v) is 8.55. The summed E-state index contributed by atoms with van der Waals surface area (Å²) in [5.41, 5.74) is 3.57. The summed E-state index contributed by atoms with van der Waals surface area (Å²) in [7, 11) is 0. The summed E-state index contributed by atoms with van der Waals surface area (Å²) in [5.74, 6) is 0.668. The monoisotopic (exact) mass is 346 g/mol. The minimum atomic E-state index is -0.113. The van der Waals surface area contributed by atoms with Gasteiger partial charge in [-0.15, -0.1) is 5.10 Å². The van der Waals surface area contributed by atoms with Crippen molar-refractivity contribution in [2.45, 2.75) is 0 Å². The molecule has 0 spiro atoms. The smallest absolute Gasteiger partial charge is 0.306 e. The largest absolute Gasteiger partial charge is 0.341 e. The first-order valence-electron chi connectivity index (χ1n) is 7.73. The SMILES string of the molecule is O=c1[nH]c(Nc2ccccc2)c(/C=C2\C=NN=C2c2ccccc2)s1. The summed E-state index contributed by atoms with van der Waals surface area (Å²) in [6, 6.07) is 19.6. The summed E-state index contributed by atoms with van der Waals surface area (Å²) in [5, 5.41) is 11.5. The van der Waals surface area contributed by atoms with Crippen LogP contribution in [0.4, 0.5) is 11.5 Å². The summed E-state index contributed by atoms with van der Waals surface area (Å²) < 4.78 is 0. The van der Waals surface area contributed by atoms with Gasteiger partial charge in [-0.25, -0.2) is 0 Å². The van der Waals surface area contributed by atoms with Gasteiger partial charge in [-0.3, -0.25) is 9.78 Å². The fourth-order valence-corrected chi connectivity index (χ4v) is 3.28. The van der Waals surface area contributed by atoms with Crippen molar-refractivity contribution in [2.24, 2.45) is 10.2 Å². The van der Waals surface area contributed by atoms with Crippen LogP contribution in [0, 0.1) is 0 Å². The molecule has 2 N–H and O–H groups in total. The lowest BCUT2D eigenvalue weighted by atomic mass is 10.0. The number of hydrogen-bond donors (Lipinski definition) is 2. The van der Waals surface area contributed by atoms with Crippen molar-refractivity contribution in [1.29, 1.82) is 0 Å². The van der Waals surface area contributed by atoms with E-state index in [1.165, 1.54) is 0 Å². The van der Waals surface area contributed by atoms with E-state index in [0.29, 0.717) is 5.82 Å². The molecule has 1 aliphatic rings. The molecule has 0 bridgehead atoms. The molecule has 0 fully saturated rings. The van der Waals surface area contributed by atoms with Gasteiger partial charge in [0.2, 0.25) is 0 Å². The maximum atomic E-state index is 11.9. The summed E-state index contributed by atoms with van der Waals surface area (Å²) in [4.78, 5) is 15.4. The van der Waals surface area contributed by atoms with Gasteiger partial charge in [0, 0.05) is 16.8 Å². The molecule has 0 amide bonds. The minimum Gasteiger partial charge on any atom is -0.341 e. The molecule has 6 heteroatoms. The highest BCUT2D eigenvalue weighted by Crippen LogP contribution is 2.25. The third kappa shape index (κ3) is 3.34. The van der Waals surface area contributed by atoms with E-state index in [1.54, 1.807) is 6.21 Å². The maximum Gasteiger partial charge on any atom is 0.306 e. The van der Waals surface area contributed by atoms with Gasteiger partial charge in [-0.05, 0) is 18.2 Å². The fourth-order valence-electron chi connectivity index (χ4n) is 2.54. The van der Waals surface area contributed by atoms with E-state index in [1.807, 2.05) is 66.7 Å². The number of benzene rings is 2. The van der Waals surface area contributed by atoms with Crippen molar-refractivity contribution in [3.05, 3.63) is 86.3 Å². The second-order valence-electron chi connectivity index (χ2n) is 5.40. The number of nitrogens with zero attached hydrogens (tertiary/aromatic N) is 2. The Bertz CT molecular complexity index is 1030. The molecule has 3 aromatic rings. The highest BCUT2D eigenvalue weighted by molar-refractivity contribution is 7.10. The molecule has 2 aromatic carbocycles. The van der Waals surface area contributed by atoms with Crippen LogP contribution in [0.1, 0.15) is 10.4 Å². The van der Waals surface area contributed by atoms with Gasteiger partial charge in [0.1, 0.15) is 11.5 Å². The number of anilines is 2. The van der Waals surface area contributed by atoms with Crippen LogP contribution in [-0.4, -0.2) is 16.9 Å². The number of aromatic nitrogens is 1. The Morgan fingerprint density at radius 3 is 2.48 bits per heavy atom. The first kappa shape index (κ1) is 15.3. The van der Waals surface area contributed by atoms with Gasteiger partial charge >= 0.3 is 4.87 Å². The Morgan fingerprint density at radius 2 is 1.72 bits per heavy atom. The van der Waals surface area contributed by atoms with Crippen LogP contribution in [0.2, 0.25) is 0 Å². The topological polar surface area (TPSA) is 69.6 Å². The minimum absolute atomic E-state index is 0.113. The predicted molar refractivity (Wildman–Crippen MR) is 104 cm³/mol. The molecule has 0 saturated carbocycles. The van der Waals surface area contributed by atoms with Gasteiger partial charge in [-0.2, -0.15) is 5.10 Å². The molecule has 0 aliphatic carbocycles. The molecule has 4 rings (SSSR count). The number of nitrogens with one attached hydrogen (secondary N) is 2. The second-order valence-corrected chi connectivity index (χ2v) is 6.42. The van der Waals surface area contributed by atoms with Crippen LogP contribution in [0.25, 0.3) is 6.08 Å². The van der Waals surface area contributed by atoms with Gasteiger partial charge in [0.15, 0.2) is 0 Å². The lowest BCUT2D eigenvalue weighted by Crippen LogP contribution is -2.02. The van der Waals surface area contributed by atoms with Crippen LogP contribution in [0.3, 0.4) is 0 Å². The summed E-state index contributed by atoms with van der Waals surface area (Å²) >= 11 is 1.15. The number of para-hydroxylation sites is 1. The third-order valence-corrected chi connectivity index (χ3v) is 4.51. The highest BCUT2D eigenvalue weighted by Gasteiger charge is 2.15. The van der Waals surface area contributed by atoms with Crippen molar-refractivity contribution in [2.75, 3.05) is 5.32 Å². The van der Waals surface area contributed by atoms with Crippen molar-refractivity contribution >= 4 is 40.8 Å². The van der Waals surface area contributed by atoms with Crippen LogP contribution < -0.4 is 10.2 Å². The Morgan fingerprint density at radius 1 is 1.00 bits per heavy atom. The number of allylic oxidation sites excluding steroid dienone is 1. The third-order valence-electron chi connectivity index (χ3n) is 3.68. The van der Waals surface area contributed by atoms with E-state index in [0.717, 1.165) is 38.7 Å². The maximum absolute atomic E-state index is 11.9. The molecule has 2 heterocycles. The summed E-state index contributed by atoms with van der Waals surface area (Å²) in [6.45, 7) is 0. The highest BCUT2D eigenvalue weighted by atomic mass is 32.1. The lowest BCUT2D eigenvalue weighted by molar-refractivity contribution is 1.28. The second kappa shape index (κ2) is 6.70. The van der Waals surface area contributed by atoms with Crippen molar-refractivity contribution in [1.82, 2.24) is 4.98 Å². The Kier molecular flexibility index (Phi) is 4.10. The number of thiazole rings is 1. The average Bonchev–Trinajstić information content (AvgIpc) is 3.24. The Labute approximate surface area is 148 Å². The van der Waals surface area contributed by atoms with Crippen molar-refractivity contribution in [3.8, 4) is 0 Å².